The Kier molecular flexibility index (Phi) is 4.48. The highest BCUT2D eigenvalue weighted by Gasteiger charge is 2.43. The van der Waals surface area contributed by atoms with Gasteiger partial charge in [-0.25, -0.2) is 12.7 Å². The number of carbonyl (C=O) groups excluding carboxylic acids is 2. The first kappa shape index (κ1) is 17.4. The first-order valence-corrected chi connectivity index (χ1v) is 9.07. The van der Waals surface area contributed by atoms with Crippen LogP contribution in [0.25, 0.3) is 0 Å². The molecule has 1 fully saturated rings. The summed E-state index contributed by atoms with van der Waals surface area (Å²) in [6, 6.07) is 3.65. The summed E-state index contributed by atoms with van der Waals surface area (Å²) in [6.07, 6.45) is 1.16. The van der Waals surface area contributed by atoms with Gasteiger partial charge in [-0.05, 0) is 31.0 Å². The molecule has 10 heteroatoms. The molecule has 3 rings (SSSR count). The molecule has 1 atom stereocenters. The summed E-state index contributed by atoms with van der Waals surface area (Å²) < 4.78 is 31.5. The van der Waals surface area contributed by atoms with E-state index in [0.29, 0.717) is 13.0 Å². The lowest BCUT2D eigenvalue weighted by Gasteiger charge is -2.18. The van der Waals surface area contributed by atoms with Crippen LogP contribution in [0.2, 0.25) is 0 Å². The van der Waals surface area contributed by atoms with Crippen molar-refractivity contribution in [2.75, 3.05) is 19.7 Å². The van der Waals surface area contributed by atoms with Crippen LogP contribution in [0.1, 0.15) is 33.6 Å². The Morgan fingerprint density at radius 3 is 2.76 bits per heavy atom. The monoisotopic (exact) mass is 368 g/mol. The van der Waals surface area contributed by atoms with Gasteiger partial charge in [0.05, 0.1) is 18.2 Å². The predicted molar refractivity (Wildman–Crippen MR) is 83.6 cm³/mol. The van der Waals surface area contributed by atoms with Gasteiger partial charge in [-0.3, -0.25) is 14.4 Å². The fourth-order valence-electron chi connectivity index (χ4n) is 2.83. The molecule has 2 amide bonds. The van der Waals surface area contributed by atoms with Gasteiger partial charge in [-0.15, -0.1) is 0 Å². The minimum atomic E-state index is -4.06. The van der Waals surface area contributed by atoms with E-state index in [1.165, 1.54) is 12.1 Å². The van der Waals surface area contributed by atoms with Gasteiger partial charge in [0.25, 0.3) is 21.8 Å². The molecule has 1 aromatic carbocycles. The number of nitrogens with zero attached hydrogens (tertiary/aromatic N) is 1. The van der Waals surface area contributed by atoms with Crippen molar-refractivity contribution in [1.82, 2.24) is 9.62 Å². The third-order valence-corrected chi connectivity index (χ3v) is 5.85. The number of nitrogens with one attached hydrogen (secondary N) is 1. The van der Waals surface area contributed by atoms with E-state index in [9.17, 15) is 22.8 Å². The number of ether oxygens (including phenoxy) is 1. The predicted octanol–water partition coefficient (Wildman–Crippen LogP) is -0.175. The normalized spacial score (nSPS) is 21.2. The van der Waals surface area contributed by atoms with Crippen LogP contribution < -0.4 is 5.32 Å². The maximum Gasteiger partial charge on any atom is 0.322 e. The number of amides is 2. The number of carboxylic acid groups (broad SMARTS) is 1. The number of sulfonamides is 1. The topological polar surface area (TPSA) is 130 Å². The van der Waals surface area contributed by atoms with E-state index in [4.69, 9.17) is 9.84 Å². The largest absolute Gasteiger partial charge is 0.480 e. The highest BCUT2D eigenvalue weighted by molar-refractivity contribution is 7.90. The zero-order valence-electron chi connectivity index (χ0n) is 13.1. The number of fused-ring (bicyclic) bond motifs is 1. The second kappa shape index (κ2) is 6.45. The molecule has 0 aliphatic carbocycles. The fraction of sp³-hybridized carbons (Fsp3) is 0.400. The van der Waals surface area contributed by atoms with Crippen LogP contribution >= 0.6 is 0 Å². The standard InChI is InChI=1S/C15H16N2O7S/c18-13(19)7-16-14(20)9-3-4-11-12(6-9)25(22,23)17(15(11)21)8-10-2-1-5-24-10/h3-4,6,10H,1-2,5,7-8H2,(H,16,20)(H,18,19). The molecule has 2 heterocycles. The molecule has 0 saturated carbocycles. The number of aliphatic carboxylic acids is 1. The van der Waals surface area contributed by atoms with Crippen LogP contribution in [-0.2, 0) is 19.6 Å². The summed E-state index contributed by atoms with van der Waals surface area (Å²) in [7, 11) is -4.06. The van der Waals surface area contributed by atoms with Crippen molar-refractivity contribution in [2.45, 2.75) is 23.8 Å². The molecule has 2 aliphatic heterocycles. The minimum absolute atomic E-state index is 0.00668. The molecule has 0 spiro atoms. The summed E-state index contributed by atoms with van der Waals surface area (Å²) >= 11 is 0. The van der Waals surface area contributed by atoms with E-state index in [1.807, 2.05) is 0 Å². The van der Waals surface area contributed by atoms with Gasteiger partial charge in [0, 0.05) is 12.2 Å². The molecule has 2 aliphatic rings. The Balaban J connectivity index is 1.87. The third kappa shape index (κ3) is 3.22. The van der Waals surface area contributed by atoms with Gasteiger partial charge >= 0.3 is 5.97 Å². The van der Waals surface area contributed by atoms with Crippen molar-refractivity contribution in [2.24, 2.45) is 0 Å². The molecule has 0 radical (unpaired) electrons. The van der Waals surface area contributed by atoms with Crippen LogP contribution in [0.4, 0.5) is 0 Å². The maximum absolute atomic E-state index is 12.6. The Labute approximate surface area is 143 Å². The molecule has 134 valence electrons. The molecule has 9 nitrogen and oxygen atoms in total. The molecule has 1 aromatic rings. The second-order valence-electron chi connectivity index (χ2n) is 5.76. The number of benzene rings is 1. The van der Waals surface area contributed by atoms with Gasteiger partial charge in [0.2, 0.25) is 0 Å². The van der Waals surface area contributed by atoms with E-state index in [2.05, 4.69) is 5.32 Å². The van der Waals surface area contributed by atoms with E-state index in [-0.39, 0.29) is 28.7 Å². The highest BCUT2D eigenvalue weighted by Crippen LogP contribution is 2.32. The van der Waals surface area contributed by atoms with Crippen molar-refractivity contribution < 1.29 is 32.6 Å². The summed E-state index contributed by atoms with van der Waals surface area (Å²) in [5.41, 5.74) is -0.0388. The Morgan fingerprint density at radius 1 is 1.36 bits per heavy atom. The zero-order valence-corrected chi connectivity index (χ0v) is 13.9. The third-order valence-electron chi connectivity index (χ3n) is 4.06. The average molecular weight is 368 g/mol. The van der Waals surface area contributed by atoms with Crippen LogP contribution in [0.5, 0.6) is 0 Å². The summed E-state index contributed by atoms with van der Waals surface area (Å²) in [4.78, 5) is 34.6. The van der Waals surface area contributed by atoms with E-state index in [0.717, 1.165) is 16.8 Å². The number of carbonyl (C=O) groups is 3. The molecule has 1 saturated heterocycles. The Morgan fingerprint density at radius 2 is 2.12 bits per heavy atom. The van der Waals surface area contributed by atoms with Crippen molar-refractivity contribution in [3.63, 3.8) is 0 Å². The molecule has 0 aromatic heterocycles. The molecule has 1 unspecified atom stereocenters. The number of hydrogen-bond acceptors (Lipinski definition) is 6. The second-order valence-corrected chi connectivity index (χ2v) is 7.59. The van der Waals surface area contributed by atoms with Crippen LogP contribution in [-0.4, -0.2) is 61.4 Å². The minimum Gasteiger partial charge on any atom is -0.480 e. The number of hydrogen-bond donors (Lipinski definition) is 2. The Bertz CT molecular complexity index is 843. The lowest BCUT2D eigenvalue weighted by Crippen LogP contribution is -2.36. The first-order valence-electron chi connectivity index (χ1n) is 7.63. The summed E-state index contributed by atoms with van der Waals surface area (Å²) in [6.45, 7) is -0.114. The number of carboxylic acids is 1. The van der Waals surface area contributed by atoms with Crippen molar-refractivity contribution in [1.29, 1.82) is 0 Å². The maximum atomic E-state index is 12.6. The molecular weight excluding hydrogens is 352 g/mol. The van der Waals surface area contributed by atoms with Crippen molar-refractivity contribution >= 4 is 27.8 Å². The van der Waals surface area contributed by atoms with Gasteiger partial charge in [0.15, 0.2) is 0 Å². The van der Waals surface area contributed by atoms with Crippen molar-refractivity contribution in [3.05, 3.63) is 29.3 Å². The first-order chi connectivity index (χ1) is 11.8. The quantitative estimate of drug-likeness (QED) is 0.737. The van der Waals surface area contributed by atoms with Crippen LogP contribution in [0.3, 0.4) is 0 Å². The molecular formula is C15H16N2O7S. The number of rotatable bonds is 5. The van der Waals surface area contributed by atoms with Gasteiger partial charge in [-0.2, -0.15) is 0 Å². The molecule has 25 heavy (non-hydrogen) atoms. The lowest BCUT2D eigenvalue weighted by molar-refractivity contribution is -0.135. The van der Waals surface area contributed by atoms with E-state index in [1.54, 1.807) is 0 Å². The van der Waals surface area contributed by atoms with Gasteiger partial charge < -0.3 is 15.2 Å². The highest BCUT2D eigenvalue weighted by atomic mass is 32.2. The smallest absolute Gasteiger partial charge is 0.322 e. The average Bonchev–Trinajstić information content (AvgIpc) is 3.14. The fourth-order valence-corrected chi connectivity index (χ4v) is 4.45. The summed E-state index contributed by atoms with van der Waals surface area (Å²) in [5.74, 6) is -2.60. The van der Waals surface area contributed by atoms with E-state index >= 15 is 0 Å². The molecule has 2 N–H and O–H groups in total. The molecule has 0 bridgehead atoms. The van der Waals surface area contributed by atoms with Crippen LogP contribution in [0, 0.1) is 0 Å². The zero-order chi connectivity index (χ0) is 18.2. The van der Waals surface area contributed by atoms with Gasteiger partial charge in [-0.1, -0.05) is 0 Å². The SMILES string of the molecule is O=C(O)CNC(=O)c1ccc2c(c1)S(=O)(=O)N(CC1CCCO1)C2=O. The van der Waals surface area contributed by atoms with Crippen molar-refractivity contribution in [3.8, 4) is 0 Å². The van der Waals surface area contributed by atoms with Gasteiger partial charge in [0.1, 0.15) is 11.4 Å². The lowest BCUT2D eigenvalue weighted by atomic mass is 10.1. The van der Waals surface area contributed by atoms with Crippen LogP contribution in [0.15, 0.2) is 23.1 Å². The summed E-state index contributed by atoms with van der Waals surface area (Å²) in [5, 5.41) is 10.7. The Hall–Kier alpha value is -2.46. The van der Waals surface area contributed by atoms with E-state index < -0.39 is 34.4 Å².